The number of rotatable bonds is 5. The third-order valence-electron chi connectivity index (χ3n) is 2.62. The second kappa shape index (κ2) is 6.47. The third-order valence-corrected chi connectivity index (χ3v) is 2.62. The monoisotopic (exact) mass is 273 g/mol. The van der Waals surface area contributed by atoms with E-state index in [4.69, 9.17) is 4.74 Å². The smallest absolute Gasteiger partial charge is 0.235 e. The fourth-order valence-corrected chi connectivity index (χ4v) is 1.60. The van der Waals surface area contributed by atoms with Crippen LogP contribution in [0.25, 0.3) is 6.08 Å². The summed E-state index contributed by atoms with van der Waals surface area (Å²) in [6.45, 7) is 0.136. The Kier molecular flexibility index (Phi) is 4.44. The van der Waals surface area contributed by atoms with E-state index in [9.17, 15) is 14.5 Å². The molecule has 0 atom stereocenters. The van der Waals surface area contributed by atoms with Gasteiger partial charge in [-0.25, -0.2) is 4.39 Å². The summed E-state index contributed by atoms with van der Waals surface area (Å²) >= 11 is 0. The van der Waals surface area contributed by atoms with Gasteiger partial charge in [-0.05, 0) is 23.8 Å². The summed E-state index contributed by atoms with van der Waals surface area (Å²) in [5.41, 5.74) is 1.17. The van der Waals surface area contributed by atoms with Crippen molar-refractivity contribution in [3.05, 3.63) is 81.8 Å². The SMILES string of the molecule is O=[N+]([O-])/C=C/c1ccc(OCc2ccccc2F)cc1. The summed E-state index contributed by atoms with van der Waals surface area (Å²) in [7, 11) is 0. The minimum absolute atomic E-state index is 0.136. The van der Waals surface area contributed by atoms with E-state index in [0.29, 0.717) is 16.9 Å². The van der Waals surface area contributed by atoms with Crippen molar-refractivity contribution in [2.75, 3.05) is 0 Å². The number of nitro groups is 1. The quantitative estimate of drug-likeness (QED) is 0.617. The minimum atomic E-state index is -0.525. The van der Waals surface area contributed by atoms with Crippen LogP contribution in [0, 0.1) is 15.9 Å². The van der Waals surface area contributed by atoms with Gasteiger partial charge in [0, 0.05) is 11.6 Å². The molecule has 0 aliphatic rings. The van der Waals surface area contributed by atoms with Gasteiger partial charge in [0.2, 0.25) is 6.20 Å². The van der Waals surface area contributed by atoms with Crippen molar-refractivity contribution < 1.29 is 14.1 Å². The molecule has 0 unspecified atom stereocenters. The maximum atomic E-state index is 13.4. The maximum absolute atomic E-state index is 13.4. The largest absolute Gasteiger partial charge is 0.489 e. The summed E-state index contributed by atoms with van der Waals surface area (Å²) in [5, 5.41) is 10.2. The molecule has 0 heterocycles. The third kappa shape index (κ3) is 3.91. The molecular formula is C15H12FNO3. The van der Waals surface area contributed by atoms with Gasteiger partial charge < -0.3 is 4.74 Å². The molecule has 20 heavy (non-hydrogen) atoms. The summed E-state index contributed by atoms with van der Waals surface area (Å²) in [6.07, 6.45) is 2.26. The molecule has 0 saturated heterocycles. The van der Waals surface area contributed by atoms with Crippen LogP contribution in [-0.2, 0) is 6.61 Å². The van der Waals surface area contributed by atoms with E-state index >= 15 is 0 Å². The van der Waals surface area contributed by atoms with Gasteiger partial charge >= 0.3 is 0 Å². The van der Waals surface area contributed by atoms with Crippen molar-refractivity contribution in [1.29, 1.82) is 0 Å². The van der Waals surface area contributed by atoms with Crippen LogP contribution in [0.4, 0.5) is 4.39 Å². The zero-order valence-electron chi connectivity index (χ0n) is 10.5. The van der Waals surface area contributed by atoms with Crippen LogP contribution in [0.15, 0.2) is 54.7 Å². The number of nitrogens with zero attached hydrogens (tertiary/aromatic N) is 1. The fraction of sp³-hybridized carbons (Fsp3) is 0.0667. The van der Waals surface area contributed by atoms with Crippen LogP contribution in [0.2, 0.25) is 0 Å². The Morgan fingerprint density at radius 3 is 2.50 bits per heavy atom. The average Bonchev–Trinajstić information content (AvgIpc) is 2.45. The average molecular weight is 273 g/mol. The highest BCUT2D eigenvalue weighted by Gasteiger charge is 2.01. The molecule has 0 saturated carbocycles. The van der Waals surface area contributed by atoms with Crippen molar-refractivity contribution in [2.24, 2.45) is 0 Å². The highest BCUT2D eigenvalue weighted by molar-refractivity contribution is 5.49. The first-order valence-corrected chi connectivity index (χ1v) is 5.93. The van der Waals surface area contributed by atoms with E-state index < -0.39 is 4.92 Å². The Bertz CT molecular complexity index is 623. The van der Waals surface area contributed by atoms with Crippen molar-refractivity contribution in [1.82, 2.24) is 0 Å². The van der Waals surface area contributed by atoms with E-state index in [2.05, 4.69) is 0 Å². The van der Waals surface area contributed by atoms with Gasteiger partial charge in [-0.15, -0.1) is 0 Å². The Labute approximate surface area is 115 Å². The molecule has 0 fully saturated rings. The molecule has 5 heteroatoms. The van der Waals surface area contributed by atoms with Crippen LogP contribution < -0.4 is 4.74 Å². The van der Waals surface area contributed by atoms with Gasteiger partial charge in [-0.1, -0.05) is 30.3 Å². The summed E-state index contributed by atoms with van der Waals surface area (Å²) in [6, 6.07) is 13.1. The molecule has 4 nitrogen and oxygen atoms in total. The van der Waals surface area contributed by atoms with Crippen LogP contribution in [0.1, 0.15) is 11.1 Å². The van der Waals surface area contributed by atoms with E-state index in [-0.39, 0.29) is 12.4 Å². The number of hydrogen-bond acceptors (Lipinski definition) is 3. The first kappa shape index (κ1) is 13.7. The Balaban J connectivity index is 1.97. The molecule has 0 amide bonds. The van der Waals surface area contributed by atoms with Crippen molar-refractivity contribution in [3.8, 4) is 5.75 Å². The molecule has 0 N–H and O–H groups in total. The van der Waals surface area contributed by atoms with Crippen LogP contribution >= 0.6 is 0 Å². The van der Waals surface area contributed by atoms with Crippen molar-refractivity contribution >= 4 is 6.08 Å². The summed E-state index contributed by atoms with van der Waals surface area (Å²) in [5.74, 6) is 0.268. The van der Waals surface area contributed by atoms with E-state index in [1.165, 1.54) is 12.1 Å². The molecular weight excluding hydrogens is 261 g/mol. The first-order valence-electron chi connectivity index (χ1n) is 5.93. The normalized spacial score (nSPS) is 10.7. The minimum Gasteiger partial charge on any atom is -0.489 e. The molecule has 0 aliphatic heterocycles. The highest BCUT2D eigenvalue weighted by Crippen LogP contribution is 2.16. The standard InChI is InChI=1S/C15H12FNO3/c16-15-4-2-1-3-13(15)11-20-14-7-5-12(6-8-14)9-10-17(18)19/h1-10H,11H2/b10-9+. The fourth-order valence-electron chi connectivity index (χ4n) is 1.60. The zero-order valence-corrected chi connectivity index (χ0v) is 10.5. The Morgan fingerprint density at radius 1 is 1.15 bits per heavy atom. The molecule has 2 aromatic rings. The van der Waals surface area contributed by atoms with Gasteiger partial charge in [0.25, 0.3) is 0 Å². The van der Waals surface area contributed by atoms with E-state index in [1.807, 2.05) is 0 Å². The molecule has 102 valence electrons. The molecule has 0 radical (unpaired) electrons. The number of hydrogen-bond donors (Lipinski definition) is 0. The second-order valence-electron chi connectivity index (χ2n) is 4.05. The predicted molar refractivity (Wildman–Crippen MR) is 73.2 cm³/mol. The Hall–Kier alpha value is -2.69. The summed E-state index contributed by atoms with van der Waals surface area (Å²) in [4.78, 5) is 9.66. The molecule has 0 aliphatic carbocycles. The first-order chi connectivity index (χ1) is 9.65. The van der Waals surface area contributed by atoms with Crippen LogP contribution in [0.3, 0.4) is 0 Å². The lowest BCUT2D eigenvalue weighted by Gasteiger charge is -2.07. The Morgan fingerprint density at radius 2 is 1.85 bits per heavy atom. The predicted octanol–water partition coefficient (Wildman–Crippen LogP) is 3.65. The highest BCUT2D eigenvalue weighted by atomic mass is 19.1. The number of ether oxygens (including phenoxy) is 1. The second-order valence-corrected chi connectivity index (χ2v) is 4.05. The van der Waals surface area contributed by atoms with Gasteiger partial charge in [-0.3, -0.25) is 10.1 Å². The van der Waals surface area contributed by atoms with Crippen molar-refractivity contribution in [3.63, 3.8) is 0 Å². The maximum Gasteiger partial charge on any atom is 0.235 e. The van der Waals surface area contributed by atoms with Gasteiger partial charge in [0.15, 0.2) is 0 Å². The van der Waals surface area contributed by atoms with Gasteiger partial charge in [0.1, 0.15) is 18.2 Å². The molecule has 2 aromatic carbocycles. The van der Waals surface area contributed by atoms with Crippen LogP contribution in [-0.4, -0.2) is 4.92 Å². The lowest BCUT2D eigenvalue weighted by atomic mass is 10.2. The van der Waals surface area contributed by atoms with E-state index in [0.717, 1.165) is 6.20 Å². The topological polar surface area (TPSA) is 52.4 Å². The van der Waals surface area contributed by atoms with E-state index in [1.54, 1.807) is 42.5 Å². The lowest BCUT2D eigenvalue weighted by molar-refractivity contribution is -0.400. The zero-order chi connectivity index (χ0) is 14.4. The lowest BCUT2D eigenvalue weighted by Crippen LogP contribution is -1.98. The molecule has 0 aromatic heterocycles. The summed E-state index contributed by atoms with van der Waals surface area (Å²) < 4.78 is 18.8. The number of halogens is 1. The molecule has 2 rings (SSSR count). The van der Waals surface area contributed by atoms with Crippen molar-refractivity contribution in [2.45, 2.75) is 6.61 Å². The molecule has 0 bridgehead atoms. The molecule has 0 spiro atoms. The van der Waals surface area contributed by atoms with Gasteiger partial charge in [0.05, 0.1) is 4.92 Å². The van der Waals surface area contributed by atoms with Gasteiger partial charge in [-0.2, -0.15) is 0 Å². The number of benzene rings is 2. The van der Waals surface area contributed by atoms with Crippen LogP contribution in [0.5, 0.6) is 5.75 Å².